The number of amides is 1. The fraction of sp³-hybridized carbons (Fsp3) is 0.333. The Hall–Kier alpha value is -3.03. The summed E-state index contributed by atoms with van der Waals surface area (Å²) in [6.07, 6.45) is 5.21. The second-order valence-corrected chi connectivity index (χ2v) is 6.00. The van der Waals surface area contributed by atoms with Gasteiger partial charge in [0.2, 0.25) is 17.6 Å². The molecule has 8 heteroatoms. The summed E-state index contributed by atoms with van der Waals surface area (Å²) in [5, 5.41) is 10.9. The molecule has 0 saturated carbocycles. The predicted molar refractivity (Wildman–Crippen MR) is 92.6 cm³/mol. The zero-order valence-electron chi connectivity index (χ0n) is 14.5. The van der Waals surface area contributed by atoms with Gasteiger partial charge in [-0.15, -0.1) is 0 Å². The minimum Gasteiger partial charge on any atom is -0.356 e. The highest BCUT2D eigenvalue weighted by Gasteiger charge is 2.10. The van der Waals surface area contributed by atoms with Gasteiger partial charge in [0.25, 0.3) is 0 Å². The molecular weight excluding hydrogens is 337 g/mol. The van der Waals surface area contributed by atoms with Crippen LogP contribution in [0.3, 0.4) is 0 Å². The van der Waals surface area contributed by atoms with Gasteiger partial charge in [0.05, 0.1) is 6.20 Å². The van der Waals surface area contributed by atoms with Gasteiger partial charge < -0.3 is 9.84 Å². The van der Waals surface area contributed by atoms with Crippen LogP contribution < -0.4 is 5.32 Å². The van der Waals surface area contributed by atoms with Crippen molar-refractivity contribution >= 4 is 5.91 Å². The van der Waals surface area contributed by atoms with Gasteiger partial charge in [0.15, 0.2) is 0 Å². The summed E-state index contributed by atoms with van der Waals surface area (Å²) in [5.74, 6) is 0.376. The van der Waals surface area contributed by atoms with Gasteiger partial charge in [-0.25, -0.2) is 4.39 Å². The van der Waals surface area contributed by atoms with Crippen LogP contribution in [0.25, 0.3) is 11.4 Å². The summed E-state index contributed by atoms with van der Waals surface area (Å²) in [5.41, 5.74) is 1.79. The molecule has 1 amide bonds. The summed E-state index contributed by atoms with van der Waals surface area (Å²) >= 11 is 0. The van der Waals surface area contributed by atoms with Gasteiger partial charge >= 0.3 is 0 Å². The third-order valence-corrected chi connectivity index (χ3v) is 3.78. The fourth-order valence-electron chi connectivity index (χ4n) is 2.44. The van der Waals surface area contributed by atoms with E-state index < -0.39 is 0 Å². The van der Waals surface area contributed by atoms with Gasteiger partial charge in [-0.1, -0.05) is 5.16 Å². The van der Waals surface area contributed by atoms with Crippen molar-refractivity contribution in [3.05, 3.63) is 53.9 Å². The van der Waals surface area contributed by atoms with Crippen molar-refractivity contribution in [2.75, 3.05) is 6.54 Å². The highest BCUT2D eigenvalue weighted by atomic mass is 19.1. The smallest absolute Gasteiger partial charge is 0.227 e. The second kappa shape index (κ2) is 8.37. The topological polar surface area (TPSA) is 85.8 Å². The van der Waals surface area contributed by atoms with Crippen molar-refractivity contribution in [2.24, 2.45) is 0 Å². The maximum atomic E-state index is 12.9. The third kappa shape index (κ3) is 4.98. The molecule has 0 fully saturated rings. The minimum absolute atomic E-state index is 0.0665. The Morgan fingerprint density at radius 2 is 2.12 bits per heavy atom. The van der Waals surface area contributed by atoms with E-state index in [1.807, 2.05) is 24.0 Å². The van der Waals surface area contributed by atoms with E-state index in [4.69, 9.17) is 4.52 Å². The summed E-state index contributed by atoms with van der Waals surface area (Å²) in [6.45, 7) is 3.34. The van der Waals surface area contributed by atoms with Crippen LogP contribution in [0.4, 0.5) is 4.39 Å². The van der Waals surface area contributed by atoms with Gasteiger partial charge in [-0.3, -0.25) is 9.48 Å². The van der Waals surface area contributed by atoms with E-state index in [-0.39, 0.29) is 18.1 Å². The van der Waals surface area contributed by atoms with Crippen LogP contribution in [0.1, 0.15) is 24.3 Å². The summed E-state index contributed by atoms with van der Waals surface area (Å²) in [7, 11) is 0. The summed E-state index contributed by atoms with van der Waals surface area (Å²) in [4.78, 5) is 16.1. The lowest BCUT2D eigenvalue weighted by Crippen LogP contribution is -2.25. The van der Waals surface area contributed by atoms with E-state index in [0.29, 0.717) is 30.2 Å². The lowest BCUT2D eigenvalue weighted by Gasteiger charge is -2.04. The number of nitrogens with one attached hydrogen (secondary N) is 1. The molecule has 3 aromatic rings. The van der Waals surface area contributed by atoms with E-state index in [9.17, 15) is 9.18 Å². The zero-order valence-corrected chi connectivity index (χ0v) is 14.5. The Kier molecular flexibility index (Phi) is 5.73. The number of benzene rings is 1. The number of aryl methyl sites for hydroxylation is 3. The Morgan fingerprint density at radius 1 is 1.31 bits per heavy atom. The second-order valence-electron chi connectivity index (χ2n) is 6.00. The molecule has 136 valence electrons. The molecule has 0 atom stereocenters. The lowest BCUT2D eigenvalue weighted by molar-refractivity contribution is -0.121. The van der Waals surface area contributed by atoms with Crippen molar-refractivity contribution in [3.63, 3.8) is 0 Å². The Balaban J connectivity index is 1.38. The predicted octanol–water partition coefficient (Wildman–Crippen LogP) is 2.52. The first-order chi connectivity index (χ1) is 12.6. The van der Waals surface area contributed by atoms with Crippen molar-refractivity contribution in [3.8, 4) is 11.4 Å². The lowest BCUT2D eigenvalue weighted by atomic mass is 10.2. The molecule has 0 spiro atoms. The first-order valence-corrected chi connectivity index (χ1v) is 8.44. The molecule has 1 N–H and O–H groups in total. The largest absolute Gasteiger partial charge is 0.356 e. The Labute approximate surface area is 150 Å². The molecule has 2 aromatic heterocycles. The summed E-state index contributed by atoms with van der Waals surface area (Å²) < 4.78 is 19.9. The van der Waals surface area contributed by atoms with Crippen LogP contribution in [-0.2, 0) is 17.8 Å². The standard InChI is InChI=1S/C18H20FN5O2/c1-13-11-21-24(12-13)10-2-9-20-16(25)7-8-17-22-18(23-26-17)14-3-5-15(19)6-4-14/h3-6,11-12H,2,7-10H2,1H3,(H,20,25). The molecule has 0 bridgehead atoms. The van der Waals surface area contributed by atoms with E-state index in [1.54, 1.807) is 12.1 Å². The van der Waals surface area contributed by atoms with Crippen LogP contribution >= 0.6 is 0 Å². The van der Waals surface area contributed by atoms with Crippen molar-refractivity contribution in [2.45, 2.75) is 32.7 Å². The SMILES string of the molecule is Cc1cnn(CCCNC(=O)CCc2nc(-c3ccc(F)cc3)no2)c1. The number of carbonyl (C=O) groups is 1. The number of carbonyl (C=O) groups excluding carboxylic acids is 1. The Bertz CT molecular complexity index is 857. The van der Waals surface area contributed by atoms with Crippen LogP contribution in [0.2, 0.25) is 0 Å². The van der Waals surface area contributed by atoms with Crippen LogP contribution in [-0.4, -0.2) is 32.4 Å². The number of hydrogen-bond acceptors (Lipinski definition) is 5. The molecule has 0 unspecified atom stereocenters. The normalized spacial score (nSPS) is 10.8. The first kappa shape index (κ1) is 17.8. The average Bonchev–Trinajstić information content (AvgIpc) is 3.27. The molecule has 0 saturated heterocycles. The molecule has 2 heterocycles. The quantitative estimate of drug-likeness (QED) is 0.626. The molecule has 0 aliphatic heterocycles. The number of rotatable bonds is 8. The molecule has 0 aliphatic rings. The van der Waals surface area contributed by atoms with Crippen molar-refractivity contribution < 1.29 is 13.7 Å². The monoisotopic (exact) mass is 357 g/mol. The molecule has 0 aliphatic carbocycles. The maximum Gasteiger partial charge on any atom is 0.227 e. The van der Waals surface area contributed by atoms with Crippen LogP contribution in [0.15, 0.2) is 41.2 Å². The molecular formula is C18H20FN5O2. The number of halogens is 1. The highest BCUT2D eigenvalue weighted by Crippen LogP contribution is 2.16. The maximum absolute atomic E-state index is 12.9. The van der Waals surface area contributed by atoms with Gasteiger partial charge in [-0.05, 0) is 43.2 Å². The van der Waals surface area contributed by atoms with Crippen LogP contribution in [0.5, 0.6) is 0 Å². The van der Waals surface area contributed by atoms with E-state index >= 15 is 0 Å². The first-order valence-electron chi connectivity index (χ1n) is 8.44. The van der Waals surface area contributed by atoms with Crippen molar-refractivity contribution in [1.82, 2.24) is 25.2 Å². The zero-order chi connectivity index (χ0) is 18.4. The molecule has 7 nitrogen and oxygen atoms in total. The molecule has 1 aromatic carbocycles. The van der Waals surface area contributed by atoms with Gasteiger partial charge in [0.1, 0.15) is 5.82 Å². The van der Waals surface area contributed by atoms with E-state index in [1.165, 1.54) is 12.1 Å². The van der Waals surface area contributed by atoms with E-state index in [2.05, 4.69) is 20.6 Å². The molecule has 3 rings (SSSR count). The van der Waals surface area contributed by atoms with Crippen LogP contribution in [0, 0.1) is 12.7 Å². The molecule has 0 radical (unpaired) electrons. The van der Waals surface area contributed by atoms with Gasteiger partial charge in [-0.2, -0.15) is 10.1 Å². The summed E-state index contributed by atoms with van der Waals surface area (Å²) in [6, 6.07) is 5.84. The number of aromatic nitrogens is 4. The third-order valence-electron chi connectivity index (χ3n) is 3.78. The van der Waals surface area contributed by atoms with Gasteiger partial charge in [0, 0.05) is 37.7 Å². The van der Waals surface area contributed by atoms with Crippen molar-refractivity contribution in [1.29, 1.82) is 0 Å². The number of nitrogens with zero attached hydrogens (tertiary/aromatic N) is 4. The Morgan fingerprint density at radius 3 is 2.85 bits per heavy atom. The molecule has 26 heavy (non-hydrogen) atoms. The number of hydrogen-bond donors (Lipinski definition) is 1. The fourth-order valence-corrected chi connectivity index (χ4v) is 2.44. The average molecular weight is 357 g/mol. The van der Waals surface area contributed by atoms with E-state index in [0.717, 1.165) is 18.5 Å². The highest BCUT2D eigenvalue weighted by molar-refractivity contribution is 5.75. The minimum atomic E-state index is -0.322.